The van der Waals surface area contributed by atoms with Crippen molar-refractivity contribution in [1.29, 1.82) is 0 Å². The number of thiol groups is 1. The highest BCUT2D eigenvalue weighted by atomic mass is 32.1. The molecule has 1 rings (SSSR count). The van der Waals surface area contributed by atoms with E-state index in [1.165, 1.54) is 32.4 Å². The van der Waals surface area contributed by atoms with Crippen LogP contribution < -0.4 is 0 Å². The third-order valence-corrected chi connectivity index (χ3v) is 2.13. The minimum absolute atomic E-state index is 0.753. The van der Waals surface area contributed by atoms with E-state index in [0.29, 0.717) is 0 Å². The van der Waals surface area contributed by atoms with Gasteiger partial charge in [0.05, 0.1) is 6.61 Å². The second-order valence-electron chi connectivity index (χ2n) is 2.74. The van der Waals surface area contributed by atoms with Gasteiger partial charge in [-0.3, -0.25) is 0 Å². The quantitative estimate of drug-likeness (QED) is 0.495. The molecule has 0 aromatic rings. The normalized spacial score (nSPS) is 21.3. The molecule has 0 amide bonds. The van der Waals surface area contributed by atoms with Gasteiger partial charge in [0.2, 0.25) is 0 Å². The maximum atomic E-state index is 4.70. The summed E-state index contributed by atoms with van der Waals surface area (Å²) >= 11 is 3.69. The maximum absolute atomic E-state index is 4.70. The number of piperidine rings is 1. The van der Waals surface area contributed by atoms with Gasteiger partial charge in [0.1, 0.15) is 0 Å². The first-order valence-electron chi connectivity index (χ1n) is 3.92. The fourth-order valence-electron chi connectivity index (χ4n) is 1.35. The zero-order chi connectivity index (χ0) is 7.23. The third kappa shape index (κ3) is 2.90. The Morgan fingerprint density at radius 3 is 2.50 bits per heavy atom. The molecule has 0 atom stereocenters. The second-order valence-corrected chi connectivity index (χ2v) is 2.99. The molecule has 0 aliphatic carbocycles. The highest BCUT2D eigenvalue weighted by Gasteiger charge is 2.08. The lowest BCUT2D eigenvalue weighted by atomic mass is 10.1. The minimum Gasteiger partial charge on any atom is -0.317 e. The van der Waals surface area contributed by atoms with Gasteiger partial charge < -0.3 is 9.08 Å². The molecule has 1 aliphatic heterocycles. The molecule has 2 nitrogen and oxygen atoms in total. The monoisotopic (exact) mass is 161 g/mol. The van der Waals surface area contributed by atoms with Gasteiger partial charge in [-0.15, -0.1) is 0 Å². The molecule has 0 bridgehead atoms. The predicted molar refractivity (Wildman–Crippen MR) is 45.2 cm³/mol. The molecule has 1 fully saturated rings. The first-order valence-corrected chi connectivity index (χ1v) is 4.29. The first-order chi connectivity index (χ1) is 4.93. The highest BCUT2D eigenvalue weighted by molar-refractivity contribution is 7.75. The second kappa shape index (κ2) is 4.99. The summed E-state index contributed by atoms with van der Waals surface area (Å²) in [6, 6.07) is 0. The van der Waals surface area contributed by atoms with Crippen molar-refractivity contribution < 1.29 is 4.18 Å². The van der Waals surface area contributed by atoms with Crippen molar-refractivity contribution in [3.8, 4) is 0 Å². The lowest BCUT2D eigenvalue weighted by Gasteiger charge is -2.25. The van der Waals surface area contributed by atoms with E-state index < -0.39 is 0 Å². The van der Waals surface area contributed by atoms with Crippen LogP contribution in [0.4, 0.5) is 0 Å². The molecule has 0 aromatic heterocycles. The van der Waals surface area contributed by atoms with Gasteiger partial charge >= 0.3 is 0 Å². The van der Waals surface area contributed by atoms with Gasteiger partial charge in [0.15, 0.2) is 0 Å². The SMILES string of the molecule is SOCCN1CCCCC1. The van der Waals surface area contributed by atoms with Gasteiger partial charge in [-0.2, -0.15) is 0 Å². The van der Waals surface area contributed by atoms with Crippen molar-refractivity contribution in [2.75, 3.05) is 26.2 Å². The van der Waals surface area contributed by atoms with Crippen LogP contribution in [0.3, 0.4) is 0 Å². The summed E-state index contributed by atoms with van der Waals surface area (Å²) in [5.74, 6) is 0. The summed E-state index contributed by atoms with van der Waals surface area (Å²) in [7, 11) is 0. The van der Waals surface area contributed by atoms with Gasteiger partial charge in [-0.1, -0.05) is 6.42 Å². The molecule has 0 saturated carbocycles. The summed E-state index contributed by atoms with van der Waals surface area (Å²) < 4.78 is 4.70. The van der Waals surface area contributed by atoms with Crippen molar-refractivity contribution in [3.05, 3.63) is 0 Å². The van der Waals surface area contributed by atoms with Gasteiger partial charge in [0.25, 0.3) is 0 Å². The van der Waals surface area contributed by atoms with E-state index in [-0.39, 0.29) is 0 Å². The molecule has 0 aromatic carbocycles. The van der Waals surface area contributed by atoms with Gasteiger partial charge in [-0.25, -0.2) is 0 Å². The molecule has 0 N–H and O–H groups in total. The number of hydrogen-bond acceptors (Lipinski definition) is 3. The average Bonchev–Trinajstić information content (AvgIpc) is 2.03. The molecule has 3 heteroatoms. The molecule has 1 saturated heterocycles. The molecule has 1 aliphatic rings. The molecular formula is C7H15NOS. The highest BCUT2D eigenvalue weighted by Crippen LogP contribution is 2.07. The largest absolute Gasteiger partial charge is 0.317 e. The minimum atomic E-state index is 0.753. The molecule has 1 heterocycles. The fourth-order valence-corrected chi connectivity index (χ4v) is 1.43. The van der Waals surface area contributed by atoms with E-state index in [4.69, 9.17) is 4.18 Å². The Labute approximate surface area is 68.2 Å². The van der Waals surface area contributed by atoms with E-state index in [2.05, 4.69) is 17.8 Å². The fraction of sp³-hybridized carbons (Fsp3) is 1.00. The van der Waals surface area contributed by atoms with Crippen LogP contribution >= 0.6 is 12.9 Å². The smallest absolute Gasteiger partial charge is 0.0737 e. The van der Waals surface area contributed by atoms with Crippen LogP contribution in [-0.2, 0) is 4.18 Å². The number of rotatable bonds is 3. The predicted octanol–water partition coefficient (Wildman–Crippen LogP) is 1.33. The summed E-state index contributed by atoms with van der Waals surface area (Å²) in [4.78, 5) is 2.43. The van der Waals surface area contributed by atoms with Crippen LogP contribution in [0.5, 0.6) is 0 Å². The van der Waals surface area contributed by atoms with Crippen molar-refractivity contribution in [1.82, 2.24) is 4.90 Å². The van der Waals surface area contributed by atoms with E-state index in [0.717, 1.165) is 13.2 Å². The Balaban J connectivity index is 2.02. The van der Waals surface area contributed by atoms with Crippen LogP contribution in [-0.4, -0.2) is 31.1 Å². The van der Waals surface area contributed by atoms with Gasteiger partial charge in [-0.05, 0) is 38.8 Å². The third-order valence-electron chi connectivity index (χ3n) is 1.95. The number of hydrogen-bond donors (Lipinski definition) is 1. The van der Waals surface area contributed by atoms with E-state index in [9.17, 15) is 0 Å². The average molecular weight is 161 g/mol. The van der Waals surface area contributed by atoms with Crippen LogP contribution in [0.2, 0.25) is 0 Å². The Hall–Kier alpha value is 0.270. The molecule has 0 spiro atoms. The maximum Gasteiger partial charge on any atom is 0.0737 e. The van der Waals surface area contributed by atoms with E-state index in [1.807, 2.05) is 0 Å². The molecular weight excluding hydrogens is 146 g/mol. The lowest BCUT2D eigenvalue weighted by Crippen LogP contribution is -2.32. The summed E-state index contributed by atoms with van der Waals surface area (Å²) in [6.07, 6.45) is 4.11. The Morgan fingerprint density at radius 1 is 1.20 bits per heavy atom. The van der Waals surface area contributed by atoms with Crippen LogP contribution in [0.25, 0.3) is 0 Å². The zero-order valence-electron chi connectivity index (χ0n) is 6.25. The summed E-state index contributed by atoms with van der Waals surface area (Å²) in [5.41, 5.74) is 0. The molecule has 0 unspecified atom stereocenters. The Bertz CT molecular complexity index is 83.7. The van der Waals surface area contributed by atoms with Crippen LogP contribution in [0.15, 0.2) is 0 Å². The van der Waals surface area contributed by atoms with Crippen LogP contribution in [0, 0.1) is 0 Å². The van der Waals surface area contributed by atoms with Crippen molar-refractivity contribution in [2.24, 2.45) is 0 Å². The van der Waals surface area contributed by atoms with Crippen molar-refractivity contribution >= 4 is 12.9 Å². The van der Waals surface area contributed by atoms with E-state index in [1.54, 1.807) is 0 Å². The standard InChI is InChI=1S/C7H15NOS/c10-9-7-6-8-4-2-1-3-5-8/h10H,1-7H2. The van der Waals surface area contributed by atoms with Gasteiger partial charge in [0, 0.05) is 6.54 Å². The number of nitrogens with zero attached hydrogens (tertiary/aromatic N) is 1. The Morgan fingerprint density at radius 2 is 1.90 bits per heavy atom. The number of likely N-dealkylation sites (tertiary alicyclic amines) is 1. The zero-order valence-corrected chi connectivity index (χ0v) is 7.15. The summed E-state index contributed by atoms with van der Waals surface area (Å²) in [5, 5.41) is 0. The molecule has 10 heavy (non-hydrogen) atoms. The molecule has 60 valence electrons. The topological polar surface area (TPSA) is 12.5 Å². The first kappa shape index (κ1) is 8.37. The van der Waals surface area contributed by atoms with E-state index >= 15 is 0 Å². The van der Waals surface area contributed by atoms with Crippen LogP contribution in [0.1, 0.15) is 19.3 Å². The van der Waals surface area contributed by atoms with Crippen molar-refractivity contribution in [3.63, 3.8) is 0 Å². The van der Waals surface area contributed by atoms with Crippen molar-refractivity contribution in [2.45, 2.75) is 19.3 Å². The molecule has 0 radical (unpaired) electrons. The summed E-state index contributed by atoms with van der Waals surface area (Å²) in [6.45, 7) is 4.29. The Kier molecular flexibility index (Phi) is 4.18. The lowest BCUT2D eigenvalue weighted by molar-refractivity contribution is 0.196.